The van der Waals surface area contributed by atoms with Gasteiger partial charge in [-0.3, -0.25) is 4.90 Å². The fourth-order valence-corrected chi connectivity index (χ4v) is 2.18. The van der Waals surface area contributed by atoms with Crippen LogP contribution in [0.1, 0.15) is 0 Å². The minimum Gasteiger partial charge on any atom is -0.347 e. The minimum atomic E-state index is -4.17. The number of nitrogens with zero attached hydrogens (tertiary/aromatic N) is 6. The molecule has 0 spiro atoms. The molecule has 21 heavy (non-hydrogen) atoms. The van der Waals surface area contributed by atoms with E-state index in [1.807, 2.05) is 4.90 Å². The lowest BCUT2D eigenvalue weighted by Crippen LogP contribution is -2.49. The van der Waals surface area contributed by atoms with E-state index in [2.05, 4.69) is 15.0 Å². The zero-order valence-electron chi connectivity index (χ0n) is 11.7. The Balaban J connectivity index is 2.02. The third kappa shape index (κ3) is 4.57. The molecule has 0 unspecified atom stereocenters. The maximum Gasteiger partial charge on any atom is 0.401 e. The smallest absolute Gasteiger partial charge is 0.347 e. The lowest BCUT2D eigenvalue weighted by Gasteiger charge is -2.35. The highest BCUT2D eigenvalue weighted by Gasteiger charge is 2.32. The average molecular weight is 325 g/mol. The molecule has 1 saturated heterocycles. The van der Waals surface area contributed by atoms with Crippen LogP contribution in [0.4, 0.5) is 25.1 Å². The third-order valence-electron chi connectivity index (χ3n) is 3.04. The van der Waals surface area contributed by atoms with Gasteiger partial charge in [-0.05, 0) is 11.6 Å². The lowest BCUT2D eigenvalue weighted by atomic mass is 10.3. The molecular formula is C11H16ClF3N6. The van der Waals surface area contributed by atoms with Gasteiger partial charge in [-0.15, -0.1) is 0 Å². The van der Waals surface area contributed by atoms with Crippen LogP contribution in [0.5, 0.6) is 0 Å². The molecule has 2 rings (SSSR count). The summed E-state index contributed by atoms with van der Waals surface area (Å²) in [6.45, 7) is 0.564. The van der Waals surface area contributed by atoms with Crippen molar-refractivity contribution in [1.82, 2.24) is 19.9 Å². The van der Waals surface area contributed by atoms with Gasteiger partial charge in [0.05, 0.1) is 6.54 Å². The quantitative estimate of drug-likeness (QED) is 0.834. The Morgan fingerprint density at radius 2 is 1.71 bits per heavy atom. The predicted octanol–water partition coefficient (Wildman–Crippen LogP) is 1.28. The maximum absolute atomic E-state index is 12.3. The van der Waals surface area contributed by atoms with Crippen LogP contribution < -0.4 is 9.80 Å². The van der Waals surface area contributed by atoms with E-state index in [1.54, 1.807) is 19.0 Å². The predicted molar refractivity (Wildman–Crippen MR) is 73.9 cm³/mol. The van der Waals surface area contributed by atoms with Gasteiger partial charge in [0.25, 0.3) is 0 Å². The van der Waals surface area contributed by atoms with Gasteiger partial charge in [0.2, 0.25) is 17.2 Å². The molecule has 0 atom stereocenters. The summed E-state index contributed by atoms with van der Waals surface area (Å²) in [5.74, 6) is 0.813. The summed E-state index contributed by atoms with van der Waals surface area (Å²) < 4.78 is 37.0. The Labute approximate surface area is 125 Å². The van der Waals surface area contributed by atoms with Crippen LogP contribution in [-0.2, 0) is 0 Å². The number of aromatic nitrogens is 3. The number of anilines is 2. The largest absolute Gasteiger partial charge is 0.401 e. The van der Waals surface area contributed by atoms with Crippen LogP contribution in [0.2, 0.25) is 5.28 Å². The maximum atomic E-state index is 12.3. The highest BCUT2D eigenvalue weighted by molar-refractivity contribution is 6.28. The molecule has 0 radical (unpaired) electrons. The highest BCUT2D eigenvalue weighted by atomic mass is 35.5. The molecule has 1 aliphatic rings. The molecule has 0 aromatic carbocycles. The molecule has 6 nitrogen and oxygen atoms in total. The molecule has 10 heteroatoms. The molecule has 118 valence electrons. The second-order valence-corrected chi connectivity index (χ2v) is 5.32. The van der Waals surface area contributed by atoms with E-state index < -0.39 is 12.7 Å². The van der Waals surface area contributed by atoms with Crippen molar-refractivity contribution in [3.63, 3.8) is 0 Å². The topological polar surface area (TPSA) is 48.4 Å². The SMILES string of the molecule is CN(C)c1nc(Cl)nc(N2CCN(CC(F)(F)F)CC2)n1. The number of alkyl halides is 3. The van der Waals surface area contributed by atoms with Crippen LogP contribution >= 0.6 is 11.6 Å². The second-order valence-electron chi connectivity index (χ2n) is 4.98. The van der Waals surface area contributed by atoms with Crippen LogP contribution in [-0.4, -0.2) is 72.8 Å². The number of piperazine rings is 1. The standard InChI is InChI=1S/C11H16ClF3N6/c1-19(2)9-16-8(12)17-10(18-9)21-5-3-20(4-6-21)7-11(13,14)15/h3-7H2,1-2H3. The normalized spacial score (nSPS) is 17.1. The van der Waals surface area contributed by atoms with E-state index in [4.69, 9.17) is 11.6 Å². The summed E-state index contributed by atoms with van der Waals surface area (Å²) >= 11 is 5.85. The van der Waals surface area contributed by atoms with Crippen molar-refractivity contribution in [2.45, 2.75) is 6.18 Å². The van der Waals surface area contributed by atoms with Crippen LogP contribution in [0.3, 0.4) is 0 Å². The van der Waals surface area contributed by atoms with Gasteiger partial charge in [-0.1, -0.05) is 0 Å². The Kier molecular flexibility index (Phi) is 4.72. The number of hydrogen-bond acceptors (Lipinski definition) is 6. The summed E-state index contributed by atoms with van der Waals surface area (Å²) in [4.78, 5) is 17.1. The fourth-order valence-electron chi connectivity index (χ4n) is 2.03. The first-order valence-electron chi connectivity index (χ1n) is 6.37. The monoisotopic (exact) mass is 324 g/mol. The van der Waals surface area contributed by atoms with Crippen molar-refractivity contribution in [1.29, 1.82) is 0 Å². The van der Waals surface area contributed by atoms with E-state index in [0.717, 1.165) is 0 Å². The Bertz CT molecular complexity index is 487. The van der Waals surface area contributed by atoms with Crippen molar-refractivity contribution in [2.24, 2.45) is 0 Å². The van der Waals surface area contributed by atoms with Gasteiger partial charge < -0.3 is 9.80 Å². The van der Waals surface area contributed by atoms with E-state index in [9.17, 15) is 13.2 Å². The molecule has 2 heterocycles. The zero-order chi connectivity index (χ0) is 15.6. The van der Waals surface area contributed by atoms with Crippen LogP contribution in [0.25, 0.3) is 0 Å². The minimum absolute atomic E-state index is 0.0708. The molecule has 1 aliphatic heterocycles. The van der Waals surface area contributed by atoms with Crippen molar-refractivity contribution in [3.8, 4) is 0 Å². The van der Waals surface area contributed by atoms with Crippen molar-refractivity contribution in [3.05, 3.63) is 5.28 Å². The zero-order valence-corrected chi connectivity index (χ0v) is 12.5. The molecule has 0 aliphatic carbocycles. The molecule has 0 bridgehead atoms. The van der Waals surface area contributed by atoms with Gasteiger partial charge in [0.15, 0.2) is 0 Å². The first-order chi connectivity index (χ1) is 9.74. The summed E-state index contributed by atoms with van der Waals surface area (Å²) in [7, 11) is 3.55. The fraction of sp³-hybridized carbons (Fsp3) is 0.727. The summed E-state index contributed by atoms with van der Waals surface area (Å²) in [6.07, 6.45) is -4.17. The van der Waals surface area contributed by atoms with E-state index >= 15 is 0 Å². The molecule has 1 aromatic heterocycles. The van der Waals surface area contributed by atoms with E-state index in [1.165, 1.54) is 4.90 Å². The molecule has 1 fully saturated rings. The molecule has 0 N–H and O–H groups in total. The summed E-state index contributed by atoms with van der Waals surface area (Å²) in [5, 5.41) is 0.0708. The Morgan fingerprint density at radius 3 is 2.24 bits per heavy atom. The van der Waals surface area contributed by atoms with E-state index in [-0.39, 0.29) is 5.28 Å². The van der Waals surface area contributed by atoms with Gasteiger partial charge in [-0.25, -0.2) is 0 Å². The van der Waals surface area contributed by atoms with Gasteiger partial charge in [-0.2, -0.15) is 28.1 Å². The van der Waals surface area contributed by atoms with Crippen molar-refractivity contribution < 1.29 is 13.2 Å². The highest BCUT2D eigenvalue weighted by Crippen LogP contribution is 2.20. The average Bonchev–Trinajstić information content (AvgIpc) is 2.37. The molecule has 0 amide bonds. The van der Waals surface area contributed by atoms with Crippen LogP contribution in [0.15, 0.2) is 0 Å². The molecular weight excluding hydrogens is 309 g/mol. The van der Waals surface area contributed by atoms with Crippen LogP contribution in [0, 0.1) is 0 Å². The second kappa shape index (κ2) is 6.18. The van der Waals surface area contributed by atoms with Crippen molar-refractivity contribution in [2.75, 3.05) is 56.6 Å². The third-order valence-corrected chi connectivity index (χ3v) is 3.21. The first kappa shape index (κ1) is 16.0. The first-order valence-corrected chi connectivity index (χ1v) is 6.75. The number of halogens is 4. The number of hydrogen-bond donors (Lipinski definition) is 0. The van der Waals surface area contributed by atoms with Gasteiger partial charge >= 0.3 is 6.18 Å². The van der Waals surface area contributed by atoms with Crippen molar-refractivity contribution >= 4 is 23.5 Å². The molecule has 1 aromatic rings. The van der Waals surface area contributed by atoms with Gasteiger partial charge in [0.1, 0.15) is 0 Å². The summed E-state index contributed by atoms with van der Waals surface area (Å²) in [5.41, 5.74) is 0. The number of rotatable bonds is 3. The van der Waals surface area contributed by atoms with E-state index in [0.29, 0.717) is 38.1 Å². The molecule has 0 saturated carbocycles. The summed E-state index contributed by atoms with van der Waals surface area (Å²) in [6, 6.07) is 0. The Morgan fingerprint density at radius 1 is 1.10 bits per heavy atom. The van der Waals surface area contributed by atoms with Gasteiger partial charge in [0, 0.05) is 40.3 Å². The Hall–Kier alpha value is -1.35. The lowest BCUT2D eigenvalue weighted by molar-refractivity contribution is -0.146.